The van der Waals surface area contributed by atoms with E-state index in [0.29, 0.717) is 30.3 Å². The summed E-state index contributed by atoms with van der Waals surface area (Å²) in [4.78, 5) is 15.1. The van der Waals surface area contributed by atoms with Gasteiger partial charge in [-0.3, -0.25) is 4.79 Å². The molecule has 0 aromatic rings. The molecule has 1 rings (SSSR count). The first kappa shape index (κ1) is 33.3. The maximum Gasteiger partial charge on any atom is 0.223 e. The van der Waals surface area contributed by atoms with Gasteiger partial charge in [0.25, 0.3) is 0 Å². The van der Waals surface area contributed by atoms with Crippen LogP contribution >= 0.6 is 21.6 Å². The van der Waals surface area contributed by atoms with Crippen LogP contribution in [0.25, 0.3) is 0 Å². The molecule has 0 spiro atoms. The monoisotopic (exact) mass is 477 g/mol. The smallest absolute Gasteiger partial charge is 0.223 e. The molecule has 1 unspecified atom stereocenters. The average molecular weight is 478 g/mol. The summed E-state index contributed by atoms with van der Waals surface area (Å²) in [6.07, 6.45) is 2.75. The van der Waals surface area contributed by atoms with Gasteiger partial charge in [-0.15, -0.1) is 0 Å². The van der Waals surface area contributed by atoms with Crippen LogP contribution in [0.4, 0.5) is 0 Å². The van der Waals surface area contributed by atoms with Crippen molar-refractivity contribution in [3.05, 3.63) is 0 Å². The third-order valence-electron chi connectivity index (χ3n) is 4.91. The van der Waals surface area contributed by atoms with Crippen LogP contribution in [-0.2, 0) is 9.53 Å². The first-order valence-electron chi connectivity index (χ1n) is 12.3. The lowest BCUT2D eigenvalue weighted by Gasteiger charge is -2.36. The van der Waals surface area contributed by atoms with E-state index < -0.39 is 0 Å². The predicted octanol–water partition coefficient (Wildman–Crippen LogP) is 8.18. The van der Waals surface area contributed by atoms with E-state index in [2.05, 4.69) is 60.3 Å². The quantitative estimate of drug-likeness (QED) is 0.234. The summed E-state index contributed by atoms with van der Waals surface area (Å²) in [5.41, 5.74) is 0.613. The minimum atomic E-state index is 0.0132. The number of hydrogen-bond donors (Lipinski definition) is 0. The van der Waals surface area contributed by atoms with Gasteiger partial charge in [0.2, 0.25) is 5.91 Å². The Bertz CT molecular complexity index is 473. The Morgan fingerprint density at radius 2 is 1.45 bits per heavy atom. The highest BCUT2D eigenvalue weighted by atomic mass is 33.1. The molecule has 188 valence electrons. The summed E-state index contributed by atoms with van der Waals surface area (Å²) in [6.45, 7) is 27.8. The Labute approximate surface area is 204 Å². The SMILES string of the molecule is CC.CC.COC[C@@H]1CC(C)CN1C(=O)CC(C)(C)CC(C)(C)CSSCC(C)(C)C. The van der Waals surface area contributed by atoms with Gasteiger partial charge in [0.15, 0.2) is 0 Å². The molecule has 1 heterocycles. The highest BCUT2D eigenvalue weighted by Gasteiger charge is 2.37. The lowest BCUT2D eigenvalue weighted by Crippen LogP contribution is -2.41. The van der Waals surface area contributed by atoms with Gasteiger partial charge in [0.1, 0.15) is 0 Å². The second-order valence-electron chi connectivity index (χ2n) is 11.3. The summed E-state index contributed by atoms with van der Waals surface area (Å²) in [5, 5.41) is 0. The molecule has 0 saturated carbocycles. The minimum Gasteiger partial charge on any atom is -0.383 e. The molecule has 0 N–H and O–H groups in total. The summed E-state index contributed by atoms with van der Waals surface area (Å²) < 4.78 is 5.34. The normalized spacial score (nSPS) is 19.3. The van der Waals surface area contributed by atoms with Crippen LogP contribution in [0.3, 0.4) is 0 Å². The summed E-state index contributed by atoms with van der Waals surface area (Å²) in [5.74, 6) is 3.17. The number of nitrogens with zero attached hydrogens (tertiary/aromatic N) is 1. The predicted molar refractivity (Wildman–Crippen MR) is 145 cm³/mol. The second kappa shape index (κ2) is 15.9. The lowest BCUT2D eigenvalue weighted by molar-refractivity contribution is -0.135. The van der Waals surface area contributed by atoms with E-state index in [-0.39, 0.29) is 16.9 Å². The van der Waals surface area contributed by atoms with Gasteiger partial charge in [-0.1, -0.05) is 105 Å². The molecule has 1 aliphatic heterocycles. The molecule has 31 heavy (non-hydrogen) atoms. The highest BCUT2D eigenvalue weighted by molar-refractivity contribution is 8.76. The summed E-state index contributed by atoms with van der Waals surface area (Å²) in [6, 6.07) is 0.255. The number of likely N-dealkylation sites (tertiary alicyclic amines) is 1. The van der Waals surface area contributed by atoms with Gasteiger partial charge >= 0.3 is 0 Å². The molecular formula is C26H55NO2S2. The first-order valence-corrected chi connectivity index (χ1v) is 14.8. The van der Waals surface area contributed by atoms with Crippen molar-refractivity contribution in [2.45, 2.75) is 108 Å². The zero-order valence-electron chi connectivity index (χ0n) is 23.2. The molecule has 0 radical (unpaired) electrons. The topological polar surface area (TPSA) is 29.5 Å². The van der Waals surface area contributed by atoms with E-state index in [1.807, 2.05) is 49.3 Å². The van der Waals surface area contributed by atoms with Crippen LogP contribution in [0.5, 0.6) is 0 Å². The van der Waals surface area contributed by atoms with E-state index in [1.165, 1.54) is 5.75 Å². The van der Waals surface area contributed by atoms with Gasteiger partial charge in [-0.05, 0) is 35.0 Å². The van der Waals surface area contributed by atoms with Crippen molar-refractivity contribution in [1.82, 2.24) is 4.90 Å². The van der Waals surface area contributed by atoms with Crippen LogP contribution in [-0.4, -0.2) is 48.6 Å². The van der Waals surface area contributed by atoms with E-state index in [4.69, 9.17) is 4.74 Å². The number of amides is 1. The Morgan fingerprint density at radius 3 is 1.94 bits per heavy atom. The number of carbonyl (C=O) groups excluding carboxylic acids is 1. The van der Waals surface area contributed by atoms with Crippen LogP contribution in [0.2, 0.25) is 0 Å². The summed E-state index contributed by atoms with van der Waals surface area (Å²) in [7, 11) is 5.69. The molecule has 1 aliphatic rings. The highest BCUT2D eigenvalue weighted by Crippen LogP contribution is 2.42. The Hall–Kier alpha value is 0.130. The van der Waals surface area contributed by atoms with E-state index in [9.17, 15) is 4.79 Å². The van der Waals surface area contributed by atoms with Crippen molar-refractivity contribution in [3.8, 4) is 0 Å². The molecule has 0 aromatic carbocycles. The third-order valence-corrected chi connectivity index (χ3v) is 8.17. The zero-order chi connectivity index (χ0) is 24.9. The molecule has 0 aromatic heterocycles. The van der Waals surface area contributed by atoms with Crippen molar-refractivity contribution in [2.24, 2.45) is 22.2 Å². The number of rotatable bonds is 10. The van der Waals surface area contributed by atoms with Gasteiger partial charge in [-0.25, -0.2) is 0 Å². The second-order valence-corrected chi connectivity index (χ2v) is 13.7. The maximum atomic E-state index is 13.0. The molecule has 3 nitrogen and oxygen atoms in total. The molecule has 0 aliphatic carbocycles. The number of carbonyl (C=O) groups is 1. The van der Waals surface area contributed by atoms with Crippen LogP contribution < -0.4 is 0 Å². The van der Waals surface area contributed by atoms with Crippen LogP contribution in [0.1, 0.15) is 102 Å². The van der Waals surface area contributed by atoms with Crippen molar-refractivity contribution in [1.29, 1.82) is 0 Å². The van der Waals surface area contributed by atoms with Crippen molar-refractivity contribution in [2.75, 3.05) is 31.8 Å². The Morgan fingerprint density at radius 1 is 0.935 bits per heavy atom. The Kier molecular flexibility index (Phi) is 17.1. The summed E-state index contributed by atoms with van der Waals surface area (Å²) >= 11 is 0. The Balaban J connectivity index is 0. The fourth-order valence-corrected chi connectivity index (χ4v) is 7.61. The maximum absolute atomic E-state index is 13.0. The molecule has 1 saturated heterocycles. The van der Waals surface area contributed by atoms with Crippen molar-refractivity contribution < 1.29 is 9.53 Å². The fraction of sp³-hybridized carbons (Fsp3) is 0.962. The molecule has 0 bridgehead atoms. The van der Waals surface area contributed by atoms with Crippen LogP contribution in [0, 0.1) is 22.2 Å². The fourth-order valence-electron chi connectivity index (χ4n) is 4.15. The van der Waals surface area contributed by atoms with Gasteiger partial charge < -0.3 is 9.64 Å². The number of ether oxygens (including phenoxy) is 1. The number of hydrogen-bond acceptors (Lipinski definition) is 4. The van der Waals surface area contributed by atoms with Gasteiger partial charge in [0.05, 0.1) is 12.6 Å². The van der Waals surface area contributed by atoms with Crippen LogP contribution in [0.15, 0.2) is 0 Å². The average Bonchev–Trinajstić information content (AvgIpc) is 3.01. The third kappa shape index (κ3) is 15.6. The largest absolute Gasteiger partial charge is 0.383 e. The molecule has 1 fully saturated rings. The lowest BCUT2D eigenvalue weighted by atomic mass is 9.74. The molecule has 5 heteroatoms. The zero-order valence-corrected chi connectivity index (χ0v) is 24.8. The van der Waals surface area contributed by atoms with Crippen molar-refractivity contribution >= 4 is 27.5 Å². The van der Waals surface area contributed by atoms with Crippen molar-refractivity contribution in [3.63, 3.8) is 0 Å². The molecular weight excluding hydrogens is 422 g/mol. The van der Waals surface area contributed by atoms with Gasteiger partial charge in [0, 0.05) is 31.6 Å². The van der Waals surface area contributed by atoms with Gasteiger partial charge in [-0.2, -0.15) is 0 Å². The van der Waals surface area contributed by atoms with E-state index in [1.54, 1.807) is 7.11 Å². The molecule has 2 atom stereocenters. The van der Waals surface area contributed by atoms with E-state index >= 15 is 0 Å². The van der Waals surface area contributed by atoms with E-state index in [0.717, 1.165) is 25.1 Å². The minimum absolute atomic E-state index is 0.0132. The molecule has 1 amide bonds. The first-order chi connectivity index (χ1) is 14.2. The number of methoxy groups -OCH3 is 1. The standard InChI is InChI=1S/C22H43NO2S2.2C2H6/c1-17-10-18(13-25-9)23(12-17)19(24)11-21(5,6)14-22(7,8)16-27-26-15-20(2,3)4;2*1-2/h17-18H,10-16H2,1-9H3;2*1-2H3/t17?,18-;;/m0../s1.